The Labute approximate surface area is 106 Å². The van der Waals surface area contributed by atoms with Crippen molar-refractivity contribution in [3.05, 3.63) is 29.0 Å². The number of rotatable bonds is 1. The average molecular weight is 253 g/mol. The van der Waals surface area contributed by atoms with Crippen LogP contribution in [0.15, 0.2) is 18.3 Å². The molecule has 3 heterocycles. The van der Waals surface area contributed by atoms with E-state index in [1.54, 1.807) is 6.20 Å². The maximum atomic E-state index is 10.8. The first-order chi connectivity index (χ1) is 8.08. The van der Waals surface area contributed by atoms with Crippen LogP contribution in [0.3, 0.4) is 0 Å². The third-order valence-corrected chi connectivity index (χ3v) is 4.56. The Balaban J connectivity index is 1.90. The van der Waals surface area contributed by atoms with E-state index in [-0.39, 0.29) is 0 Å². The number of hydrogen-bond donors (Lipinski definition) is 1. The van der Waals surface area contributed by atoms with Crippen LogP contribution < -0.4 is 0 Å². The lowest BCUT2D eigenvalue weighted by Crippen LogP contribution is -2.47. The number of hydrogen-bond acceptors (Lipinski definition) is 3. The zero-order chi connectivity index (χ0) is 12.0. The third-order valence-electron chi connectivity index (χ3n) is 4.34. The van der Waals surface area contributed by atoms with E-state index >= 15 is 0 Å². The van der Waals surface area contributed by atoms with E-state index in [0.717, 1.165) is 18.5 Å². The van der Waals surface area contributed by atoms with Gasteiger partial charge in [-0.3, -0.25) is 4.98 Å². The van der Waals surface area contributed by atoms with Crippen molar-refractivity contribution >= 4 is 11.6 Å². The van der Waals surface area contributed by atoms with Crippen molar-refractivity contribution < 1.29 is 5.11 Å². The molecule has 2 atom stereocenters. The minimum Gasteiger partial charge on any atom is -0.383 e. The van der Waals surface area contributed by atoms with Gasteiger partial charge in [0, 0.05) is 18.3 Å². The van der Waals surface area contributed by atoms with E-state index in [1.165, 1.54) is 12.8 Å². The predicted octanol–water partition coefficient (Wildman–Crippen LogP) is 2.18. The van der Waals surface area contributed by atoms with E-state index in [4.69, 9.17) is 11.6 Å². The van der Waals surface area contributed by atoms with Crippen LogP contribution in [0.2, 0.25) is 5.02 Å². The molecule has 3 rings (SSSR count). The SMILES string of the molecule is CN1[C@H]2CC[C@H]1CC(O)(c1ccc(Cl)cn1)C2. The number of nitrogens with zero attached hydrogens (tertiary/aromatic N) is 2. The molecule has 0 saturated carbocycles. The van der Waals surface area contributed by atoms with Gasteiger partial charge in [0.15, 0.2) is 0 Å². The normalized spacial score (nSPS) is 37.4. The summed E-state index contributed by atoms with van der Waals surface area (Å²) in [5, 5.41) is 11.4. The number of pyridine rings is 1. The molecule has 4 heteroatoms. The third kappa shape index (κ3) is 1.86. The number of piperidine rings is 1. The predicted molar refractivity (Wildman–Crippen MR) is 67.0 cm³/mol. The highest BCUT2D eigenvalue weighted by molar-refractivity contribution is 6.30. The summed E-state index contributed by atoms with van der Waals surface area (Å²) in [6.45, 7) is 0. The maximum absolute atomic E-state index is 10.8. The lowest BCUT2D eigenvalue weighted by atomic mass is 9.83. The smallest absolute Gasteiger partial charge is 0.109 e. The lowest BCUT2D eigenvalue weighted by molar-refractivity contribution is -0.0523. The molecule has 1 aromatic heterocycles. The Kier molecular flexibility index (Phi) is 2.65. The first kappa shape index (κ1) is 11.5. The van der Waals surface area contributed by atoms with Gasteiger partial charge < -0.3 is 10.0 Å². The molecule has 0 aliphatic carbocycles. The van der Waals surface area contributed by atoms with Gasteiger partial charge in [0.1, 0.15) is 5.60 Å². The van der Waals surface area contributed by atoms with E-state index in [9.17, 15) is 5.11 Å². The van der Waals surface area contributed by atoms with E-state index in [1.807, 2.05) is 12.1 Å². The Morgan fingerprint density at radius 2 is 2.00 bits per heavy atom. The van der Waals surface area contributed by atoms with Crippen molar-refractivity contribution in [1.82, 2.24) is 9.88 Å². The highest BCUT2D eigenvalue weighted by atomic mass is 35.5. The summed E-state index contributed by atoms with van der Waals surface area (Å²) >= 11 is 5.84. The molecular weight excluding hydrogens is 236 g/mol. The van der Waals surface area contributed by atoms with Crippen molar-refractivity contribution in [1.29, 1.82) is 0 Å². The molecule has 0 aromatic carbocycles. The lowest BCUT2D eigenvalue weighted by Gasteiger charge is -2.41. The number of fused-ring (bicyclic) bond motifs is 2. The minimum atomic E-state index is -0.761. The summed E-state index contributed by atoms with van der Waals surface area (Å²) in [4.78, 5) is 6.70. The van der Waals surface area contributed by atoms with Gasteiger partial charge in [-0.15, -0.1) is 0 Å². The number of halogens is 1. The summed E-state index contributed by atoms with van der Waals surface area (Å²) in [6.07, 6.45) is 5.58. The van der Waals surface area contributed by atoms with Gasteiger partial charge in [-0.1, -0.05) is 11.6 Å². The quantitative estimate of drug-likeness (QED) is 0.832. The molecule has 0 unspecified atom stereocenters. The number of aromatic nitrogens is 1. The Morgan fingerprint density at radius 3 is 2.53 bits per heavy atom. The van der Waals surface area contributed by atoms with Crippen LogP contribution in [0.1, 0.15) is 31.4 Å². The maximum Gasteiger partial charge on any atom is 0.109 e. The van der Waals surface area contributed by atoms with Crippen molar-refractivity contribution in [3.8, 4) is 0 Å². The molecule has 1 aromatic rings. The zero-order valence-electron chi connectivity index (χ0n) is 9.93. The molecule has 3 nitrogen and oxygen atoms in total. The Morgan fingerprint density at radius 1 is 1.35 bits per heavy atom. The summed E-state index contributed by atoms with van der Waals surface area (Å²) in [5.74, 6) is 0. The highest BCUT2D eigenvalue weighted by Crippen LogP contribution is 2.44. The largest absolute Gasteiger partial charge is 0.383 e. The molecule has 2 saturated heterocycles. The van der Waals surface area contributed by atoms with Crippen molar-refractivity contribution in [2.75, 3.05) is 7.05 Å². The van der Waals surface area contributed by atoms with E-state index in [0.29, 0.717) is 17.1 Å². The Bertz CT molecular complexity index is 406. The summed E-state index contributed by atoms with van der Waals surface area (Å²) in [5.41, 5.74) is 0.00930. The van der Waals surface area contributed by atoms with Crippen LogP contribution in [-0.4, -0.2) is 34.1 Å². The fourth-order valence-electron chi connectivity index (χ4n) is 3.31. The van der Waals surface area contributed by atoms with Crippen LogP contribution >= 0.6 is 11.6 Å². The van der Waals surface area contributed by atoms with Crippen molar-refractivity contribution in [3.63, 3.8) is 0 Å². The Hall–Kier alpha value is -0.640. The monoisotopic (exact) mass is 252 g/mol. The van der Waals surface area contributed by atoms with Crippen LogP contribution in [0, 0.1) is 0 Å². The average Bonchev–Trinajstić information content (AvgIpc) is 2.53. The first-order valence-electron chi connectivity index (χ1n) is 6.15. The highest BCUT2D eigenvalue weighted by Gasteiger charge is 2.47. The molecule has 1 N–H and O–H groups in total. The van der Waals surface area contributed by atoms with Crippen molar-refractivity contribution in [2.45, 2.75) is 43.4 Å². The zero-order valence-corrected chi connectivity index (χ0v) is 10.7. The topological polar surface area (TPSA) is 36.4 Å². The molecule has 2 bridgehead atoms. The molecule has 0 spiro atoms. The first-order valence-corrected chi connectivity index (χ1v) is 6.53. The summed E-state index contributed by atoms with van der Waals surface area (Å²) in [7, 11) is 2.16. The fraction of sp³-hybridized carbons (Fsp3) is 0.615. The van der Waals surface area contributed by atoms with Gasteiger partial charge >= 0.3 is 0 Å². The minimum absolute atomic E-state index is 0.497. The summed E-state index contributed by atoms with van der Waals surface area (Å²) < 4.78 is 0. The molecular formula is C13H17ClN2O. The second-order valence-electron chi connectivity index (χ2n) is 5.35. The molecule has 2 aliphatic heterocycles. The van der Waals surface area contributed by atoms with Crippen molar-refractivity contribution in [2.24, 2.45) is 0 Å². The van der Waals surface area contributed by atoms with Gasteiger partial charge in [0.25, 0.3) is 0 Å². The molecule has 17 heavy (non-hydrogen) atoms. The second-order valence-corrected chi connectivity index (χ2v) is 5.79. The van der Waals surface area contributed by atoms with Gasteiger partial charge in [0.2, 0.25) is 0 Å². The van der Waals surface area contributed by atoms with Gasteiger partial charge in [-0.25, -0.2) is 0 Å². The molecule has 2 fully saturated rings. The van der Waals surface area contributed by atoms with Crippen LogP contribution in [0.4, 0.5) is 0 Å². The van der Waals surface area contributed by atoms with Crippen LogP contribution in [-0.2, 0) is 5.60 Å². The molecule has 92 valence electrons. The molecule has 0 radical (unpaired) electrons. The van der Waals surface area contributed by atoms with Gasteiger partial charge in [-0.05, 0) is 44.9 Å². The number of aliphatic hydroxyl groups is 1. The second kappa shape index (κ2) is 3.94. The van der Waals surface area contributed by atoms with Crippen LogP contribution in [0.5, 0.6) is 0 Å². The van der Waals surface area contributed by atoms with E-state index < -0.39 is 5.60 Å². The summed E-state index contributed by atoms with van der Waals surface area (Å²) in [6, 6.07) is 4.65. The van der Waals surface area contributed by atoms with Crippen LogP contribution in [0.25, 0.3) is 0 Å². The fourth-order valence-corrected chi connectivity index (χ4v) is 3.42. The van der Waals surface area contributed by atoms with Gasteiger partial charge in [0.05, 0.1) is 10.7 Å². The van der Waals surface area contributed by atoms with E-state index in [2.05, 4.69) is 16.9 Å². The molecule has 0 amide bonds. The standard InChI is InChI=1S/C13H17ClN2O/c1-16-10-3-4-11(16)7-13(17,6-10)12-5-2-9(14)8-15-12/h2,5,8,10-11,17H,3-4,6-7H2,1H3/t10-,11-/m0/s1. The van der Waals surface area contributed by atoms with Gasteiger partial charge in [-0.2, -0.15) is 0 Å². The molecule has 2 aliphatic rings.